The van der Waals surface area contributed by atoms with Crippen LogP contribution < -0.4 is 10.6 Å². The molecule has 0 aliphatic heterocycles. The highest BCUT2D eigenvalue weighted by molar-refractivity contribution is 5.82. The van der Waals surface area contributed by atoms with Gasteiger partial charge < -0.3 is 24.8 Å². The summed E-state index contributed by atoms with van der Waals surface area (Å²) in [5, 5.41) is 5.30. The zero-order chi connectivity index (χ0) is 25.4. The molecular formula is C27H34N2O6. The number of fused-ring (bicyclic) bond motifs is 3. The van der Waals surface area contributed by atoms with Crippen LogP contribution in [0.1, 0.15) is 57.1 Å². The number of esters is 1. The number of unbranched alkanes of at least 4 members (excludes halogenated alkanes) is 1. The van der Waals surface area contributed by atoms with Crippen molar-refractivity contribution < 1.29 is 28.6 Å². The van der Waals surface area contributed by atoms with Crippen molar-refractivity contribution in [1.29, 1.82) is 0 Å². The third-order valence-corrected chi connectivity index (χ3v) is 5.71. The van der Waals surface area contributed by atoms with Crippen LogP contribution in [0.4, 0.5) is 9.59 Å². The number of carbonyl (C=O) groups is 3. The van der Waals surface area contributed by atoms with Crippen LogP contribution in [-0.2, 0) is 19.0 Å². The van der Waals surface area contributed by atoms with Gasteiger partial charge in [0.15, 0.2) is 0 Å². The van der Waals surface area contributed by atoms with E-state index in [2.05, 4.69) is 22.8 Å². The van der Waals surface area contributed by atoms with Gasteiger partial charge in [-0.1, -0.05) is 48.5 Å². The summed E-state index contributed by atoms with van der Waals surface area (Å²) in [6.07, 6.45) is 0.387. The first-order valence-corrected chi connectivity index (χ1v) is 11.9. The highest BCUT2D eigenvalue weighted by Crippen LogP contribution is 2.44. The van der Waals surface area contributed by atoms with Crippen molar-refractivity contribution in [2.24, 2.45) is 0 Å². The first kappa shape index (κ1) is 26.1. The fraction of sp³-hybridized carbons (Fsp3) is 0.444. The highest BCUT2D eigenvalue weighted by atomic mass is 16.6. The van der Waals surface area contributed by atoms with Crippen LogP contribution >= 0.6 is 0 Å². The van der Waals surface area contributed by atoms with Crippen molar-refractivity contribution in [1.82, 2.24) is 10.6 Å². The Morgan fingerprint density at radius 1 is 0.914 bits per heavy atom. The standard InChI is InChI=1S/C27H34N2O6/c1-27(2,3)35-25(31)28-16-10-9-15-23(24(30)33-4)29-26(32)34-17-22-20-13-7-5-11-18(20)19-12-6-8-14-21(19)22/h5-8,11-14,22-23H,9-10,15-17H2,1-4H3,(H,28,31)(H,29,32)/t23-/m0/s1. The molecule has 35 heavy (non-hydrogen) atoms. The molecule has 0 fully saturated rings. The molecule has 2 aromatic rings. The molecule has 2 amide bonds. The van der Waals surface area contributed by atoms with Gasteiger partial charge in [0.05, 0.1) is 7.11 Å². The van der Waals surface area contributed by atoms with Crippen LogP contribution in [0.15, 0.2) is 48.5 Å². The first-order valence-electron chi connectivity index (χ1n) is 11.9. The number of amides is 2. The van der Waals surface area contributed by atoms with Gasteiger partial charge >= 0.3 is 18.2 Å². The van der Waals surface area contributed by atoms with Gasteiger partial charge in [0.1, 0.15) is 18.2 Å². The molecule has 3 rings (SSSR count). The number of methoxy groups -OCH3 is 1. The van der Waals surface area contributed by atoms with E-state index in [-0.39, 0.29) is 12.5 Å². The Morgan fingerprint density at radius 2 is 1.51 bits per heavy atom. The molecule has 1 aliphatic carbocycles. The van der Waals surface area contributed by atoms with Crippen LogP contribution in [0, 0.1) is 0 Å². The minimum atomic E-state index is -0.836. The van der Waals surface area contributed by atoms with Gasteiger partial charge in [0.2, 0.25) is 0 Å². The number of hydrogen-bond acceptors (Lipinski definition) is 6. The predicted octanol–water partition coefficient (Wildman–Crippen LogP) is 4.76. The molecule has 0 spiro atoms. The van der Waals surface area contributed by atoms with Crippen LogP contribution in [0.2, 0.25) is 0 Å². The average Bonchev–Trinajstić information content (AvgIpc) is 3.14. The van der Waals surface area contributed by atoms with Crippen molar-refractivity contribution in [2.45, 2.75) is 57.6 Å². The molecule has 1 aliphatic rings. The minimum absolute atomic E-state index is 0.0661. The van der Waals surface area contributed by atoms with Crippen molar-refractivity contribution in [3.8, 4) is 11.1 Å². The lowest BCUT2D eigenvalue weighted by atomic mass is 9.98. The van der Waals surface area contributed by atoms with Gasteiger partial charge in [-0.15, -0.1) is 0 Å². The van der Waals surface area contributed by atoms with Crippen LogP contribution in [0.25, 0.3) is 11.1 Å². The van der Waals surface area contributed by atoms with E-state index in [0.29, 0.717) is 25.8 Å². The quantitative estimate of drug-likeness (QED) is 0.303. The number of benzene rings is 2. The zero-order valence-corrected chi connectivity index (χ0v) is 20.8. The maximum absolute atomic E-state index is 12.6. The van der Waals surface area contributed by atoms with Crippen LogP contribution in [-0.4, -0.2) is 50.1 Å². The second kappa shape index (κ2) is 11.7. The van der Waals surface area contributed by atoms with Crippen molar-refractivity contribution in [3.63, 3.8) is 0 Å². The molecule has 0 saturated carbocycles. The molecule has 0 bridgehead atoms. The largest absolute Gasteiger partial charge is 0.467 e. The van der Waals surface area contributed by atoms with Gasteiger partial charge in [-0.05, 0) is 62.3 Å². The lowest BCUT2D eigenvalue weighted by Crippen LogP contribution is -2.42. The summed E-state index contributed by atoms with van der Waals surface area (Å²) in [6.45, 7) is 5.94. The molecule has 188 valence electrons. The zero-order valence-electron chi connectivity index (χ0n) is 20.8. The summed E-state index contributed by atoms with van der Waals surface area (Å²) in [7, 11) is 1.28. The summed E-state index contributed by atoms with van der Waals surface area (Å²) in [5.74, 6) is -0.609. The number of alkyl carbamates (subject to hydrolysis) is 2. The smallest absolute Gasteiger partial charge is 0.407 e. The summed E-state index contributed by atoms with van der Waals surface area (Å²) in [6, 6.07) is 15.3. The predicted molar refractivity (Wildman–Crippen MR) is 132 cm³/mol. The number of rotatable bonds is 9. The Hall–Kier alpha value is -3.55. The second-order valence-corrected chi connectivity index (χ2v) is 9.47. The third-order valence-electron chi connectivity index (χ3n) is 5.71. The Morgan fingerprint density at radius 3 is 2.09 bits per heavy atom. The molecular weight excluding hydrogens is 448 g/mol. The van der Waals surface area contributed by atoms with Crippen molar-refractivity contribution in [3.05, 3.63) is 59.7 Å². The highest BCUT2D eigenvalue weighted by Gasteiger charge is 2.30. The summed E-state index contributed by atoms with van der Waals surface area (Å²) >= 11 is 0. The summed E-state index contributed by atoms with van der Waals surface area (Å²) in [5.41, 5.74) is 3.95. The lowest BCUT2D eigenvalue weighted by molar-refractivity contribution is -0.143. The Balaban J connectivity index is 1.49. The van der Waals surface area contributed by atoms with Gasteiger partial charge in [0.25, 0.3) is 0 Å². The van der Waals surface area contributed by atoms with E-state index in [9.17, 15) is 14.4 Å². The monoisotopic (exact) mass is 482 g/mol. The Bertz CT molecular complexity index is 1000. The number of hydrogen-bond donors (Lipinski definition) is 2. The summed E-state index contributed by atoms with van der Waals surface area (Å²) in [4.78, 5) is 36.4. The molecule has 8 heteroatoms. The minimum Gasteiger partial charge on any atom is -0.467 e. The maximum Gasteiger partial charge on any atom is 0.407 e. The summed E-state index contributed by atoms with van der Waals surface area (Å²) < 4.78 is 15.6. The van der Waals surface area contributed by atoms with E-state index in [0.717, 1.165) is 22.3 Å². The van der Waals surface area contributed by atoms with Gasteiger partial charge in [-0.2, -0.15) is 0 Å². The topological polar surface area (TPSA) is 103 Å². The van der Waals surface area contributed by atoms with Crippen molar-refractivity contribution in [2.75, 3.05) is 20.3 Å². The van der Waals surface area contributed by atoms with E-state index in [1.165, 1.54) is 7.11 Å². The van der Waals surface area contributed by atoms with Gasteiger partial charge in [-0.3, -0.25) is 0 Å². The van der Waals surface area contributed by atoms with Gasteiger partial charge in [-0.25, -0.2) is 14.4 Å². The Labute approximate surface area is 206 Å². The second-order valence-electron chi connectivity index (χ2n) is 9.47. The average molecular weight is 483 g/mol. The Kier molecular flexibility index (Phi) is 8.73. The molecule has 0 radical (unpaired) electrons. The normalized spacial score (nSPS) is 13.3. The molecule has 0 saturated heterocycles. The fourth-order valence-corrected chi connectivity index (χ4v) is 4.15. The van der Waals surface area contributed by atoms with E-state index >= 15 is 0 Å². The molecule has 0 aromatic heterocycles. The maximum atomic E-state index is 12.6. The first-order chi connectivity index (χ1) is 16.7. The molecule has 0 unspecified atom stereocenters. The molecule has 1 atom stereocenters. The van der Waals surface area contributed by atoms with Crippen LogP contribution in [0.3, 0.4) is 0 Å². The van der Waals surface area contributed by atoms with Gasteiger partial charge in [0, 0.05) is 12.5 Å². The van der Waals surface area contributed by atoms with Crippen LogP contribution in [0.5, 0.6) is 0 Å². The molecule has 2 N–H and O–H groups in total. The van der Waals surface area contributed by atoms with Crippen molar-refractivity contribution >= 4 is 18.2 Å². The molecule has 8 nitrogen and oxygen atoms in total. The SMILES string of the molecule is COC(=O)[C@H](CCCCNC(=O)OC(C)(C)C)NC(=O)OCC1c2ccccc2-c2ccccc21. The van der Waals surface area contributed by atoms with E-state index in [1.807, 2.05) is 36.4 Å². The third kappa shape index (κ3) is 7.21. The fourth-order valence-electron chi connectivity index (χ4n) is 4.15. The van der Waals surface area contributed by atoms with E-state index in [1.54, 1.807) is 20.8 Å². The number of carbonyl (C=O) groups excluding carboxylic acids is 3. The lowest BCUT2D eigenvalue weighted by Gasteiger charge is -2.20. The number of ether oxygens (including phenoxy) is 3. The molecule has 2 aromatic carbocycles. The number of nitrogens with one attached hydrogen (secondary N) is 2. The van der Waals surface area contributed by atoms with E-state index < -0.39 is 29.8 Å². The van der Waals surface area contributed by atoms with E-state index in [4.69, 9.17) is 14.2 Å². The molecule has 0 heterocycles.